The molecule has 0 fully saturated rings. The van der Waals surface area contributed by atoms with E-state index >= 15 is 0 Å². The minimum atomic E-state index is -3.21. The molecule has 0 amide bonds. The summed E-state index contributed by atoms with van der Waals surface area (Å²) in [6, 6.07) is 0. The lowest BCUT2D eigenvalue weighted by Crippen LogP contribution is -2.47. The third-order valence-electron chi connectivity index (χ3n) is 2.53. The minimum absolute atomic E-state index is 0.132. The van der Waals surface area contributed by atoms with Crippen LogP contribution in [0.25, 0.3) is 0 Å². The van der Waals surface area contributed by atoms with Crippen molar-refractivity contribution in [3.8, 4) is 0 Å². The summed E-state index contributed by atoms with van der Waals surface area (Å²) in [5.41, 5.74) is 5.43. The molecule has 94 valence electrons. The monoisotopic (exact) mass is 248 g/mol. The lowest BCUT2D eigenvalue weighted by molar-refractivity contribution is 0.186. The summed E-state index contributed by atoms with van der Waals surface area (Å²) in [6.45, 7) is 3.27. The lowest BCUT2D eigenvalue weighted by atomic mass is 10.1. The molecular formula is C9H20N4O2S. The molecule has 0 spiro atoms. The molecule has 1 aliphatic rings. The van der Waals surface area contributed by atoms with Gasteiger partial charge in [0, 0.05) is 18.7 Å². The molecular weight excluding hydrogens is 228 g/mol. The number of nitrogens with two attached hydrogens (primary N) is 1. The van der Waals surface area contributed by atoms with E-state index in [1.54, 1.807) is 11.2 Å². The summed E-state index contributed by atoms with van der Waals surface area (Å²) in [4.78, 5) is 0. The van der Waals surface area contributed by atoms with Crippen molar-refractivity contribution in [1.29, 1.82) is 0 Å². The second kappa shape index (κ2) is 5.60. The molecule has 0 radical (unpaired) electrons. The van der Waals surface area contributed by atoms with E-state index in [0.717, 1.165) is 12.8 Å². The Kier molecular flexibility index (Phi) is 4.69. The quantitative estimate of drug-likeness (QED) is 0.665. The molecule has 0 aliphatic carbocycles. The van der Waals surface area contributed by atoms with Crippen LogP contribution in [0, 0.1) is 5.92 Å². The Hall–Kier alpha value is -0.660. The fourth-order valence-electron chi connectivity index (χ4n) is 1.69. The van der Waals surface area contributed by atoms with Crippen LogP contribution in [-0.2, 0) is 10.0 Å². The lowest BCUT2D eigenvalue weighted by Gasteiger charge is -2.27. The number of nitrogens with zero attached hydrogens (tertiary/aromatic N) is 2. The van der Waals surface area contributed by atoms with Crippen molar-refractivity contribution < 1.29 is 8.42 Å². The van der Waals surface area contributed by atoms with Gasteiger partial charge in [0.1, 0.15) is 6.17 Å². The molecule has 3 N–H and O–H groups in total. The highest BCUT2D eigenvalue weighted by Crippen LogP contribution is 2.19. The molecule has 6 nitrogen and oxygen atoms in total. The molecule has 0 aromatic heterocycles. The van der Waals surface area contributed by atoms with Crippen LogP contribution in [0.15, 0.2) is 5.10 Å². The maximum Gasteiger partial charge on any atom is 0.210 e. The van der Waals surface area contributed by atoms with E-state index in [9.17, 15) is 8.42 Å². The van der Waals surface area contributed by atoms with E-state index in [2.05, 4.69) is 9.82 Å². The van der Waals surface area contributed by atoms with Crippen LogP contribution in [0.3, 0.4) is 0 Å². The normalized spacial score (nSPS) is 25.3. The second-order valence-electron chi connectivity index (χ2n) is 3.98. The molecule has 1 aliphatic heterocycles. The van der Waals surface area contributed by atoms with Crippen molar-refractivity contribution in [2.75, 3.05) is 19.3 Å². The van der Waals surface area contributed by atoms with Crippen LogP contribution in [0.1, 0.15) is 19.8 Å². The van der Waals surface area contributed by atoms with E-state index < -0.39 is 10.0 Å². The Morgan fingerprint density at radius 2 is 2.25 bits per heavy atom. The zero-order valence-electron chi connectivity index (χ0n) is 9.76. The van der Waals surface area contributed by atoms with Gasteiger partial charge in [-0.25, -0.2) is 8.42 Å². The molecule has 1 heterocycles. The number of sulfonamides is 1. The van der Waals surface area contributed by atoms with Gasteiger partial charge in [-0.2, -0.15) is 9.82 Å². The first-order valence-corrected chi connectivity index (χ1v) is 7.35. The fourth-order valence-corrected chi connectivity index (χ4v) is 2.43. The zero-order valence-corrected chi connectivity index (χ0v) is 10.6. The van der Waals surface area contributed by atoms with Crippen LogP contribution < -0.4 is 10.5 Å². The van der Waals surface area contributed by atoms with E-state index in [1.807, 2.05) is 6.92 Å². The average Bonchev–Trinajstić information content (AvgIpc) is 2.55. The highest BCUT2D eigenvalue weighted by Gasteiger charge is 2.31. The Balaban J connectivity index is 2.66. The highest BCUT2D eigenvalue weighted by molar-refractivity contribution is 7.88. The maximum absolute atomic E-state index is 11.3. The molecule has 0 saturated heterocycles. The average molecular weight is 248 g/mol. The van der Waals surface area contributed by atoms with Gasteiger partial charge < -0.3 is 5.73 Å². The molecule has 16 heavy (non-hydrogen) atoms. The maximum atomic E-state index is 11.3. The Labute approximate surface area is 96.9 Å². The Morgan fingerprint density at radius 3 is 2.75 bits per heavy atom. The summed E-state index contributed by atoms with van der Waals surface area (Å²) in [7, 11) is -3.21. The molecule has 2 atom stereocenters. The molecule has 0 saturated carbocycles. The SMILES string of the molecule is CCC1C=NN(CCCN)C1NS(C)(=O)=O. The van der Waals surface area contributed by atoms with Crippen LogP contribution in [-0.4, -0.2) is 45.2 Å². The summed E-state index contributed by atoms with van der Waals surface area (Å²) in [5.74, 6) is 0.132. The van der Waals surface area contributed by atoms with Gasteiger partial charge in [0.15, 0.2) is 0 Å². The van der Waals surface area contributed by atoms with Gasteiger partial charge in [0.05, 0.1) is 6.26 Å². The highest BCUT2D eigenvalue weighted by atomic mass is 32.2. The standard InChI is InChI=1S/C9H20N4O2S/c1-3-8-7-11-13(6-4-5-10)9(8)12-16(2,14)15/h7-9,12H,3-6,10H2,1-2H3. The second-order valence-corrected chi connectivity index (χ2v) is 5.76. The Bertz CT molecular complexity index is 341. The van der Waals surface area contributed by atoms with Gasteiger partial charge in [0.2, 0.25) is 10.0 Å². The van der Waals surface area contributed by atoms with E-state index in [0.29, 0.717) is 13.1 Å². The number of rotatable bonds is 6. The van der Waals surface area contributed by atoms with E-state index in [1.165, 1.54) is 6.26 Å². The van der Waals surface area contributed by atoms with Crippen molar-refractivity contribution in [3.63, 3.8) is 0 Å². The van der Waals surface area contributed by atoms with Crippen molar-refractivity contribution in [1.82, 2.24) is 9.73 Å². The van der Waals surface area contributed by atoms with Crippen LogP contribution in [0.5, 0.6) is 0 Å². The summed E-state index contributed by atoms with van der Waals surface area (Å²) in [6.07, 6.45) is 4.37. The third-order valence-corrected chi connectivity index (χ3v) is 3.20. The first-order chi connectivity index (χ1) is 7.48. The topological polar surface area (TPSA) is 87.8 Å². The van der Waals surface area contributed by atoms with Crippen molar-refractivity contribution in [3.05, 3.63) is 0 Å². The number of hydrogen-bond acceptors (Lipinski definition) is 5. The van der Waals surface area contributed by atoms with Gasteiger partial charge in [-0.15, -0.1) is 0 Å². The van der Waals surface area contributed by atoms with Gasteiger partial charge in [0.25, 0.3) is 0 Å². The van der Waals surface area contributed by atoms with Crippen molar-refractivity contribution in [2.45, 2.75) is 25.9 Å². The van der Waals surface area contributed by atoms with Gasteiger partial charge in [-0.05, 0) is 19.4 Å². The molecule has 0 aromatic carbocycles. The largest absolute Gasteiger partial charge is 0.330 e. The first kappa shape index (κ1) is 13.4. The third kappa shape index (κ3) is 3.73. The number of hydrogen-bond donors (Lipinski definition) is 2. The smallest absolute Gasteiger partial charge is 0.210 e. The van der Waals surface area contributed by atoms with Gasteiger partial charge in [-0.1, -0.05) is 6.92 Å². The molecule has 7 heteroatoms. The Morgan fingerprint density at radius 1 is 1.56 bits per heavy atom. The van der Waals surface area contributed by atoms with E-state index in [-0.39, 0.29) is 12.1 Å². The molecule has 1 rings (SSSR count). The molecule has 2 unspecified atom stereocenters. The fraction of sp³-hybridized carbons (Fsp3) is 0.889. The predicted octanol–water partition coefficient (Wildman–Crippen LogP) is -0.462. The van der Waals surface area contributed by atoms with E-state index in [4.69, 9.17) is 5.73 Å². The van der Waals surface area contributed by atoms with Gasteiger partial charge in [-0.3, -0.25) is 5.01 Å². The predicted molar refractivity (Wildman–Crippen MR) is 64.4 cm³/mol. The van der Waals surface area contributed by atoms with Crippen molar-refractivity contribution >= 4 is 16.2 Å². The summed E-state index contributed by atoms with van der Waals surface area (Å²) < 4.78 is 25.1. The molecule has 0 bridgehead atoms. The van der Waals surface area contributed by atoms with Gasteiger partial charge >= 0.3 is 0 Å². The minimum Gasteiger partial charge on any atom is -0.330 e. The van der Waals surface area contributed by atoms with Crippen LogP contribution >= 0.6 is 0 Å². The number of hydrazone groups is 1. The summed E-state index contributed by atoms with van der Waals surface area (Å²) in [5, 5.41) is 5.98. The zero-order chi connectivity index (χ0) is 12.2. The van der Waals surface area contributed by atoms with Crippen LogP contribution in [0.4, 0.5) is 0 Å². The summed E-state index contributed by atoms with van der Waals surface area (Å²) >= 11 is 0. The van der Waals surface area contributed by atoms with Crippen molar-refractivity contribution in [2.24, 2.45) is 16.8 Å². The van der Waals surface area contributed by atoms with Crippen LogP contribution in [0.2, 0.25) is 0 Å². The molecule has 0 aromatic rings. The number of nitrogens with one attached hydrogen (secondary N) is 1. The first-order valence-electron chi connectivity index (χ1n) is 5.46.